The molecule has 0 bridgehead atoms. The topological polar surface area (TPSA) is 66.9 Å². The van der Waals surface area contributed by atoms with Crippen molar-refractivity contribution in [1.29, 1.82) is 0 Å². The lowest BCUT2D eigenvalue weighted by atomic mass is 10.1. The monoisotopic (exact) mass is 286 g/mol. The standard InChI is InChI=1S/C13H26N2O2.CO2/c1-12(2,3)15-9-7-14(8-10-15)11(16)17-13(4,5)6;2-1-3/h7-10H2,1-6H3;. The second kappa shape index (κ2) is 7.41. The van der Waals surface area contributed by atoms with Crippen molar-refractivity contribution in [2.24, 2.45) is 0 Å². The summed E-state index contributed by atoms with van der Waals surface area (Å²) in [4.78, 5) is 32.3. The zero-order valence-corrected chi connectivity index (χ0v) is 13.4. The second-order valence-electron chi connectivity index (χ2n) is 6.71. The van der Waals surface area contributed by atoms with E-state index in [9.17, 15) is 4.79 Å². The summed E-state index contributed by atoms with van der Waals surface area (Å²) in [5.74, 6) is 0. The van der Waals surface area contributed by atoms with E-state index in [-0.39, 0.29) is 17.8 Å². The molecule has 0 spiro atoms. The summed E-state index contributed by atoms with van der Waals surface area (Å²) < 4.78 is 5.37. The fourth-order valence-electron chi connectivity index (χ4n) is 1.89. The van der Waals surface area contributed by atoms with Gasteiger partial charge < -0.3 is 9.64 Å². The summed E-state index contributed by atoms with van der Waals surface area (Å²) in [6.07, 6.45) is 0.0612. The average molecular weight is 286 g/mol. The van der Waals surface area contributed by atoms with Crippen LogP contribution in [0.15, 0.2) is 0 Å². The van der Waals surface area contributed by atoms with E-state index in [1.807, 2.05) is 20.8 Å². The molecule has 116 valence electrons. The van der Waals surface area contributed by atoms with E-state index in [1.54, 1.807) is 4.90 Å². The van der Waals surface area contributed by atoms with Crippen molar-refractivity contribution in [1.82, 2.24) is 9.80 Å². The molecule has 1 aliphatic heterocycles. The number of nitrogens with zero attached hydrogens (tertiary/aromatic N) is 2. The van der Waals surface area contributed by atoms with Crippen molar-refractivity contribution >= 4 is 12.2 Å². The fraction of sp³-hybridized carbons (Fsp3) is 0.857. The lowest BCUT2D eigenvalue weighted by Crippen LogP contribution is -2.55. The lowest BCUT2D eigenvalue weighted by molar-refractivity contribution is -0.191. The van der Waals surface area contributed by atoms with Crippen LogP contribution in [-0.2, 0) is 14.3 Å². The Hall–Kier alpha value is -1.39. The molecule has 1 amide bonds. The van der Waals surface area contributed by atoms with Gasteiger partial charge in [-0.2, -0.15) is 9.59 Å². The number of carbonyl (C=O) groups excluding carboxylic acids is 3. The van der Waals surface area contributed by atoms with Crippen LogP contribution in [0.3, 0.4) is 0 Å². The highest BCUT2D eigenvalue weighted by Crippen LogP contribution is 2.17. The van der Waals surface area contributed by atoms with E-state index in [0.717, 1.165) is 26.2 Å². The Morgan fingerprint density at radius 1 is 0.950 bits per heavy atom. The molecular weight excluding hydrogens is 260 g/mol. The zero-order chi connectivity index (χ0) is 16.0. The van der Waals surface area contributed by atoms with Gasteiger partial charge in [0.2, 0.25) is 0 Å². The third-order valence-corrected chi connectivity index (χ3v) is 2.88. The summed E-state index contributed by atoms with van der Waals surface area (Å²) in [6.45, 7) is 15.7. The van der Waals surface area contributed by atoms with E-state index >= 15 is 0 Å². The smallest absolute Gasteiger partial charge is 0.410 e. The molecule has 0 aromatic carbocycles. The van der Waals surface area contributed by atoms with Gasteiger partial charge in [-0.25, -0.2) is 4.79 Å². The van der Waals surface area contributed by atoms with Gasteiger partial charge in [-0.3, -0.25) is 4.90 Å². The van der Waals surface area contributed by atoms with Crippen LogP contribution in [0, 0.1) is 0 Å². The summed E-state index contributed by atoms with van der Waals surface area (Å²) in [5, 5.41) is 0. The van der Waals surface area contributed by atoms with Crippen molar-refractivity contribution in [2.75, 3.05) is 26.2 Å². The largest absolute Gasteiger partial charge is 0.444 e. The summed E-state index contributed by atoms with van der Waals surface area (Å²) in [7, 11) is 0. The Bertz CT molecular complexity index is 341. The Morgan fingerprint density at radius 3 is 1.65 bits per heavy atom. The van der Waals surface area contributed by atoms with Crippen LogP contribution in [-0.4, -0.2) is 59.4 Å². The molecule has 1 fully saturated rings. The molecule has 0 aromatic heterocycles. The van der Waals surface area contributed by atoms with Gasteiger partial charge in [-0.05, 0) is 41.5 Å². The third kappa shape index (κ3) is 7.26. The molecule has 1 aliphatic rings. The molecule has 1 heterocycles. The lowest BCUT2D eigenvalue weighted by Gasteiger charge is -2.42. The first-order valence-corrected chi connectivity index (χ1v) is 6.73. The molecule has 6 heteroatoms. The van der Waals surface area contributed by atoms with E-state index in [1.165, 1.54) is 0 Å². The molecular formula is C14H26N2O4. The Labute approximate surface area is 121 Å². The fourth-order valence-corrected chi connectivity index (χ4v) is 1.89. The van der Waals surface area contributed by atoms with Crippen molar-refractivity contribution in [3.05, 3.63) is 0 Å². The maximum Gasteiger partial charge on any atom is 0.410 e. The van der Waals surface area contributed by atoms with Gasteiger partial charge in [-0.1, -0.05) is 0 Å². The third-order valence-electron chi connectivity index (χ3n) is 2.88. The summed E-state index contributed by atoms with van der Waals surface area (Å²) >= 11 is 0. The van der Waals surface area contributed by atoms with Gasteiger partial charge >= 0.3 is 12.2 Å². The van der Waals surface area contributed by atoms with Gasteiger partial charge in [0, 0.05) is 31.7 Å². The summed E-state index contributed by atoms with van der Waals surface area (Å²) in [6, 6.07) is 0. The van der Waals surface area contributed by atoms with Gasteiger partial charge in [0.1, 0.15) is 5.60 Å². The number of hydrogen-bond acceptors (Lipinski definition) is 5. The van der Waals surface area contributed by atoms with E-state index in [0.29, 0.717) is 0 Å². The molecule has 1 rings (SSSR count). The number of carbonyl (C=O) groups is 1. The van der Waals surface area contributed by atoms with Gasteiger partial charge in [0.15, 0.2) is 0 Å². The maximum atomic E-state index is 11.9. The zero-order valence-electron chi connectivity index (χ0n) is 13.4. The van der Waals surface area contributed by atoms with E-state index in [4.69, 9.17) is 14.3 Å². The molecule has 20 heavy (non-hydrogen) atoms. The minimum atomic E-state index is -0.405. The van der Waals surface area contributed by atoms with Crippen LogP contribution in [0.5, 0.6) is 0 Å². The molecule has 0 aromatic rings. The first-order chi connectivity index (χ1) is 9.01. The van der Waals surface area contributed by atoms with Gasteiger partial charge in [0.25, 0.3) is 0 Å². The van der Waals surface area contributed by atoms with Crippen LogP contribution in [0.2, 0.25) is 0 Å². The second-order valence-corrected chi connectivity index (χ2v) is 6.71. The van der Waals surface area contributed by atoms with Crippen molar-refractivity contribution in [2.45, 2.75) is 52.7 Å². The first-order valence-electron chi connectivity index (χ1n) is 6.73. The molecule has 0 radical (unpaired) electrons. The van der Waals surface area contributed by atoms with Crippen LogP contribution < -0.4 is 0 Å². The number of ether oxygens (including phenoxy) is 1. The Kier molecular flexibility index (Phi) is 6.89. The Balaban J connectivity index is 0.00000110. The van der Waals surface area contributed by atoms with Gasteiger partial charge in [-0.15, -0.1) is 0 Å². The van der Waals surface area contributed by atoms with E-state index in [2.05, 4.69) is 25.7 Å². The summed E-state index contributed by atoms with van der Waals surface area (Å²) in [5.41, 5.74) is -0.224. The molecule has 0 atom stereocenters. The number of rotatable bonds is 0. The highest BCUT2D eigenvalue weighted by molar-refractivity contribution is 5.68. The number of amides is 1. The Morgan fingerprint density at radius 2 is 1.35 bits per heavy atom. The number of hydrogen-bond donors (Lipinski definition) is 0. The van der Waals surface area contributed by atoms with Crippen LogP contribution in [0.25, 0.3) is 0 Å². The predicted octanol–water partition coefficient (Wildman–Crippen LogP) is 1.75. The van der Waals surface area contributed by atoms with Gasteiger partial charge in [0.05, 0.1) is 0 Å². The van der Waals surface area contributed by atoms with Crippen LogP contribution in [0.1, 0.15) is 41.5 Å². The molecule has 1 saturated heterocycles. The average Bonchev–Trinajstić information content (AvgIpc) is 2.27. The number of piperazine rings is 1. The van der Waals surface area contributed by atoms with Crippen molar-refractivity contribution < 1.29 is 19.1 Å². The van der Waals surface area contributed by atoms with Crippen molar-refractivity contribution in [3.63, 3.8) is 0 Å². The van der Waals surface area contributed by atoms with Crippen LogP contribution >= 0.6 is 0 Å². The van der Waals surface area contributed by atoms with E-state index < -0.39 is 5.60 Å². The van der Waals surface area contributed by atoms with Crippen LogP contribution in [0.4, 0.5) is 4.79 Å². The molecule has 0 saturated carbocycles. The van der Waals surface area contributed by atoms with Crippen molar-refractivity contribution in [3.8, 4) is 0 Å². The minimum Gasteiger partial charge on any atom is -0.444 e. The first kappa shape index (κ1) is 18.6. The maximum absolute atomic E-state index is 11.9. The molecule has 0 N–H and O–H groups in total. The molecule has 0 aliphatic carbocycles. The SMILES string of the molecule is CC(C)(C)OC(=O)N1CCN(C(C)(C)C)CC1.O=C=O. The highest BCUT2D eigenvalue weighted by Gasteiger charge is 2.29. The quantitative estimate of drug-likeness (QED) is 0.678. The molecule has 6 nitrogen and oxygen atoms in total. The molecule has 0 unspecified atom stereocenters. The predicted molar refractivity (Wildman–Crippen MR) is 74.1 cm³/mol. The minimum absolute atomic E-state index is 0.181. The highest BCUT2D eigenvalue weighted by atomic mass is 16.6. The normalized spacial score (nSPS) is 16.8.